The SMILES string of the molecule is COc1ccc(N2CCn3c(SCc4ccc(Cl)c(Cl)c4)nnc32)cc1. The van der Waals surface area contributed by atoms with Gasteiger partial charge in [0.05, 0.1) is 17.2 Å². The first-order chi connectivity index (χ1) is 12.7. The summed E-state index contributed by atoms with van der Waals surface area (Å²) in [7, 11) is 1.67. The van der Waals surface area contributed by atoms with Crippen LogP contribution in [0.3, 0.4) is 0 Å². The summed E-state index contributed by atoms with van der Waals surface area (Å²) in [6.45, 7) is 1.73. The average molecular weight is 407 g/mol. The van der Waals surface area contributed by atoms with Crippen molar-refractivity contribution >= 4 is 46.6 Å². The van der Waals surface area contributed by atoms with Gasteiger partial charge in [-0.25, -0.2) is 0 Å². The van der Waals surface area contributed by atoms with E-state index in [0.717, 1.165) is 46.9 Å². The van der Waals surface area contributed by atoms with Gasteiger partial charge in [0, 0.05) is 24.5 Å². The minimum Gasteiger partial charge on any atom is -0.497 e. The van der Waals surface area contributed by atoms with Gasteiger partial charge >= 0.3 is 0 Å². The molecule has 4 rings (SSSR count). The Balaban J connectivity index is 1.50. The number of rotatable bonds is 5. The quantitative estimate of drug-likeness (QED) is 0.555. The van der Waals surface area contributed by atoms with E-state index in [2.05, 4.69) is 19.7 Å². The van der Waals surface area contributed by atoms with Crippen molar-refractivity contribution in [3.63, 3.8) is 0 Å². The van der Waals surface area contributed by atoms with Gasteiger partial charge in [-0.05, 0) is 42.0 Å². The number of thioether (sulfide) groups is 1. The molecule has 5 nitrogen and oxygen atoms in total. The molecule has 3 aromatic rings. The molecule has 26 heavy (non-hydrogen) atoms. The molecule has 8 heteroatoms. The molecule has 0 radical (unpaired) electrons. The maximum atomic E-state index is 6.09. The van der Waals surface area contributed by atoms with Crippen LogP contribution >= 0.6 is 35.0 Å². The van der Waals surface area contributed by atoms with Crippen LogP contribution in [0.25, 0.3) is 0 Å². The molecule has 2 heterocycles. The maximum absolute atomic E-state index is 6.09. The molecule has 1 aliphatic heterocycles. The number of hydrogen-bond donors (Lipinski definition) is 0. The minimum absolute atomic E-state index is 0.568. The first kappa shape index (κ1) is 17.5. The van der Waals surface area contributed by atoms with Gasteiger partial charge in [-0.15, -0.1) is 10.2 Å². The van der Waals surface area contributed by atoms with E-state index < -0.39 is 0 Å². The summed E-state index contributed by atoms with van der Waals surface area (Å²) < 4.78 is 7.37. The van der Waals surface area contributed by atoms with E-state index in [4.69, 9.17) is 27.9 Å². The number of anilines is 2. The minimum atomic E-state index is 0.568. The van der Waals surface area contributed by atoms with Gasteiger partial charge in [-0.1, -0.05) is 41.0 Å². The molecule has 1 aromatic heterocycles. The zero-order valence-corrected chi connectivity index (χ0v) is 16.4. The number of benzene rings is 2. The van der Waals surface area contributed by atoms with Gasteiger partial charge in [0.15, 0.2) is 5.16 Å². The smallest absolute Gasteiger partial charge is 0.232 e. The molecular weight excluding hydrogens is 391 g/mol. The number of hydrogen-bond acceptors (Lipinski definition) is 5. The van der Waals surface area contributed by atoms with Crippen LogP contribution in [0.2, 0.25) is 10.0 Å². The van der Waals surface area contributed by atoms with Crippen LogP contribution in [-0.2, 0) is 12.3 Å². The van der Waals surface area contributed by atoms with E-state index >= 15 is 0 Å². The van der Waals surface area contributed by atoms with Crippen LogP contribution in [0.15, 0.2) is 47.6 Å². The lowest BCUT2D eigenvalue weighted by atomic mass is 10.2. The monoisotopic (exact) mass is 406 g/mol. The average Bonchev–Trinajstić information content (AvgIpc) is 3.25. The summed E-state index contributed by atoms with van der Waals surface area (Å²) in [5.41, 5.74) is 2.18. The van der Waals surface area contributed by atoms with Gasteiger partial charge < -0.3 is 9.64 Å². The number of halogens is 2. The van der Waals surface area contributed by atoms with E-state index in [9.17, 15) is 0 Å². The van der Waals surface area contributed by atoms with Crippen LogP contribution in [0, 0.1) is 0 Å². The molecule has 0 N–H and O–H groups in total. The van der Waals surface area contributed by atoms with Crippen LogP contribution in [0.4, 0.5) is 11.6 Å². The fourth-order valence-corrected chi connectivity index (χ4v) is 4.09. The Kier molecular flexibility index (Phi) is 4.98. The molecule has 0 fully saturated rings. The van der Waals surface area contributed by atoms with Crippen LogP contribution in [0.1, 0.15) is 5.56 Å². The molecule has 0 unspecified atom stereocenters. The molecule has 0 bridgehead atoms. The number of aromatic nitrogens is 3. The van der Waals surface area contributed by atoms with Crippen molar-refractivity contribution in [2.45, 2.75) is 17.5 Å². The Labute approximate surface area is 165 Å². The summed E-state index contributed by atoms with van der Waals surface area (Å²) >= 11 is 13.7. The number of methoxy groups -OCH3 is 1. The number of fused-ring (bicyclic) bond motifs is 1. The summed E-state index contributed by atoms with van der Waals surface area (Å²) in [6, 6.07) is 13.7. The van der Waals surface area contributed by atoms with E-state index in [1.165, 1.54) is 0 Å². The molecule has 0 saturated heterocycles. The third kappa shape index (κ3) is 3.37. The van der Waals surface area contributed by atoms with E-state index in [0.29, 0.717) is 10.0 Å². The van der Waals surface area contributed by atoms with Crippen LogP contribution in [-0.4, -0.2) is 28.4 Å². The highest BCUT2D eigenvalue weighted by atomic mass is 35.5. The number of ether oxygens (including phenoxy) is 1. The van der Waals surface area contributed by atoms with Crippen molar-refractivity contribution in [1.29, 1.82) is 0 Å². The topological polar surface area (TPSA) is 43.2 Å². The van der Waals surface area contributed by atoms with Crippen molar-refractivity contribution in [1.82, 2.24) is 14.8 Å². The lowest BCUT2D eigenvalue weighted by molar-refractivity contribution is 0.415. The second-order valence-corrected chi connectivity index (χ2v) is 7.58. The molecule has 2 aromatic carbocycles. The Hall–Kier alpha value is -1.89. The van der Waals surface area contributed by atoms with Crippen LogP contribution in [0.5, 0.6) is 5.75 Å². The third-order valence-electron chi connectivity index (χ3n) is 4.22. The Bertz CT molecular complexity index is 929. The van der Waals surface area contributed by atoms with Gasteiger partial charge in [0.2, 0.25) is 5.95 Å². The molecule has 0 atom stereocenters. The summed E-state index contributed by atoms with van der Waals surface area (Å²) in [5, 5.41) is 10.8. The molecule has 1 aliphatic rings. The predicted octanol–water partition coefficient (Wildman–Crippen LogP) is 5.04. The maximum Gasteiger partial charge on any atom is 0.232 e. The standard InChI is InChI=1S/C18H16Cl2N4OS/c1-25-14-5-3-13(4-6-14)23-8-9-24-17(23)21-22-18(24)26-11-12-2-7-15(19)16(20)10-12/h2-7,10H,8-9,11H2,1H3. The molecular formula is C18H16Cl2N4OS. The van der Waals surface area contributed by atoms with Gasteiger partial charge in [-0.3, -0.25) is 4.57 Å². The number of nitrogens with zero attached hydrogens (tertiary/aromatic N) is 4. The lowest BCUT2D eigenvalue weighted by Gasteiger charge is -2.15. The van der Waals surface area contributed by atoms with E-state index in [1.54, 1.807) is 18.9 Å². The second-order valence-electron chi connectivity index (χ2n) is 5.82. The highest BCUT2D eigenvalue weighted by molar-refractivity contribution is 7.98. The molecule has 0 aliphatic carbocycles. The summed E-state index contributed by atoms with van der Waals surface area (Å²) in [5.74, 6) is 2.47. The lowest BCUT2D eigenvalue weighted by Crippen LogP contribution is -2.14. The Morgan fingerprint density at radius 2 is 1.85 bits per heavy atom. The van der Waals surface area contributed by atoms with Crippen molar-refractivity contribution in [2.24, 2.45) is 0 Å². The highest BCUT2D eigenvalue weighted by Crippen LogP contribution is 2.34. The molecule has 0 saturated carbocycles. The van der Waals surface area contributed by atoms with Crippen molar-refractivity contribution < 1.29 is 4.74 Å². The van der Waals surface area contributed by atoms with Gasteiger partial charge in [0.1, 0.15) is 5.75 Å². The van der Waals surface area contributed by atoms with Crippen molar-refractivity contribution in [3.05, 3.63) is 58.1 Å². The van der Waals surface area contributed by atoms with Crippen LogP contribution < -0.4 is 9.64 Å². The first-order valence-corrected chi connectivity index (χ1v) is 9.81. The molecule has 0 amide bonds. The van der Waals surface area contributed by atoms with Crippen molar-refractivity contribution in [2.75, 3.05) is 18.6 Å². The largest absolute Gasteiger partial charge is 0.497 e. The Morgan fingerprint density at radius 1 is 1.04 bits per heavy atom. The fraction of sp³-hybridized carbons (Fsp3) is 0.222. The highest BCUT2D eigenvalue weighted by Gasteiger charge is 2.26. The Morgan fingerprint density at radius 3 is 2.58 bits per heavy atom. The van der Waals surface area contributed by atoms with E-state index in [-0.39, 0.29) is 0 Å². The first-order valence-electron chi connectivity index (χ1n) is 8.07. The van der Waals surface area contributed by atoms with Gasteiger partial charge in [0.25, 0.3) is 0 Å². The summed E-state index contributed by atoms with van der Waals surface area (Å²) in [4.78, 5) is 2.16. The molecule has 0 spiro atoms. The zero-order chi connectivity index (χ0) is 18.1. The fourth-order valence-electron chi connectivity index (χ4n) is 2.87. The zero-order valence-electron chi connectivity index (χ0n) is 14.0. The van der Waals surface area contributed by atoms with Gasteiger partial charge in [-0.2, -0.15) is 0 Å². The summed E-state index contributed by atoms with van der Waals surface area (Å²) in [6.07, 6.45) is 0. The third-order valence-corrected chi connectivity index (χ3v) is 6.00. The predicted molar refractivity (Wildman–Crippen MR) is 106 cm³/mol. The van der Waals surface area contributed by atoms with Crippen molar-refractivity contribution in [3.8, 4) is 5.75 Å². The second kappa shape index (κ2) is 7.39. The normalized spacial score (nSPS) is 13.1. The van der Waals surface area contributed by atoms with E-state index in [1.807, 2.05) is 42.5 Å². The molecule has 134 valence electrons.